The third-order valence-corrected chi connectivity index (χ3v) is 3.11. The van der Waals surface area contributed by atoms with E-state index in [1.54, 1.807) is 42.4 Å². The molecule has 3 N–H and O–H groups in total. The van der Waals surface area contributed by atoms with Crippen molar-refractivity contribution < 1.29 is 4.39 Å². The molecule has 0 saturated carbocycles. The molecular formula is C13H12BrFN4. The predicted octanol–water partition coefficient (Wildman–Crippen LogP) is 3.04. The number of aromatic nitrogens is 1. The van der Waals surface area contributed by atoms with Gasteiger partial charge in [-0.05, 0) is 46.3 Å². The molecule has 98 valence electrons. The molecule has 1 aromatic carbocycles. The minimum Gasteiger partial charge on any atom is -0.384 e. The number of nitrogens with zero attached hydrogens (tertiary/aromatic N) is 2. The summed E-state index contributed by atoms with van der Waals surface area (Å²) >= 11 is 3.17. The molecule has 4 nitrogen and oxygen atoms in total. The molecule has 0 spiro atoms. The number of hydrogen-bond donors (Lipinski definition) is 2. The zero-order valence-corrected chi connectivity index (χ0v) is 11.8. The van der Waals surface area contributed by atoms with Crippen LogP contribution in [0.2, 0.25) is 0 Å². The molecule has 0 fully saturated rings. The average Bonchev–Trinajstić information content (AvgIpc) is 2.38. The molecule has 0 aliphatic carbocycles. The summed E-state index contributed by atoms with van der Waals surface area (Å²) in [6.45, 7) is 0. The lowest BCUT2D eigenvalue weighted by Gasteiger charge is -2.19. The quantitative estimate of drug-likeness (QED) is 0.674. The first-order valence-corrected chi connectivity index (χ1v) is 6.27. The number of nitrogens with one attached hydrogen (secondary N) is 1. The number of anilines is 2. The second-order valence-electron chi connectivity index (χ2n) is 3.98. The fraction of sp³-hybridized carbons (Fsp3) is 0.0769. The Kier molecular flexibility index (Phi) is 3.80. The highest BCUT2D eigenvalue weighted by atomic mass is 79.9. The van der Waals surface area contributed by atoms with Gasteiger partial charge in [-0.2, -0.15) is 0 Å². The number of amidine groups is 1. The van der Waals surface area contributed by atoms with E-state index in [0.29, 0.717) is 10.0 Å². The number of rotatable bonds is 3. The predicted molar refractivity (Wildman–Crippen MR) is 77.4 cm³/mol. The van der Waals surface area contributed by atoms with Crippen molar-refractivity contribution in [3.63, 3.8) is 0 Å². The van der Waals surface area contributed by atoms with Gasteiger partial charge in [0.2, 0.25) is 0 Å². The van der Waals surface area contributed by atoms with Gasteiger partial charge in [-0.1, -0.05) is 0 Å². The third kappa shape index (κ3) is 2.90. The van der Waals surface area contributed by atoms with Gasteiger partial charge in [0, 0.05) is 29.0 Å². The summed E-state index contributed by atoms with van der Waals surface area (Å²) < 4.78 is 14.4. The lowest BCUT2D eigenvalue weighted by Crippen LogP contribution is -2.14. The zero-order chi connectivity index (χ0) is 14.0. The third-order valence-electron chi connectivity index (χ3n) is 2.67. The van der Waals surface area contributed by atoms with E-state index < -0.39 is 5.82 Å². The van der Waals surface area contributed by atoms with Crippen molar-refractivity contribution >= 4 is 33.3 Å². The van der Waals surface area contributed by atoms with Crippen LogP contribution in [0.4, 0.5) is 15.9 Å². The fourth-order valence-corrected chi connectivity index (χ4v) is 1.94. The van der Waals surface area contributed by atoms with E-state index in [4.69, 9.17) is 11.1 Å². The molecule has 6 heteroatoms. The monoisotopic (exact) mass is 322 g/mol. The maximum atomic E-state index is 13.8. The van der Waals surface area contributed by atoms with Crippen LogP contribution in [0.25, 0.3) is 0 Å². The van der Waals surface area contributed by atoms with Crippen LogP contribution in [0.15, 0.2) is 41.0 Å². The Labute approximate surface area is 118 Å². The Morgan fingerprint density at radius 1 is 1.37 bits per heavy atom. The second kappa shape index (κ2) is 5.36. The molecule has 0 aliphatic rings. The van der Waals surface area contributed by atoms with Crippen LogP contribution >= 0.6 is 15.9 Å². The summed E-state index contributed by atoms with van der Waals surface area (Å²) in [6.07, 6.45) is 1.54. The summed E-state index contributed by atoms with van der Waals surface area (Å²) in [5, 5.41) is 7.32. The highest BCUT2D eigenvalue weighted by Gasteiger charge is 2.11. The zero-order valence-electron chi connectivity index (χ0n) is 10.2. The first-order chi connectivity index (χ1) is 8.99. The number of halogens is 2. The SMILES string of the molecule is CN(c1ccc(C(=N)N)cc1)c1ncc(Br)cc1F. The molecule has 0 bridgehead atoms. The first-order valence-electron chi connectivity index (χ1n) is 5.48. The largest absolute Gasteiger partial charge is 0.384 e. The van der Waals surface area contributed by atoms with E-state index >= 15 is 0 Å². The maximum absolute atomic E-state index is 13.8. The topological polar surface area (TPSA) is 66.0 Å². The Balaban J connectivity index is 2.33. The normalized spacial score (nSPS) is 10.3. The first kappa shape index (κ1) is 13.5. The van der Waals surface area contributed by atoms with Crippen molar-refractivity contribution in [2.75, 3.05) is 11.9 Å². The Hall–Kier alpha value is -1.95. The molecule has 1 heterocycles. The molecule has 1 aromatic heterocycles. The molecule has 0 aliphatic heterocycles. The molecule has 2 aromatic rings. The number of nitrogen functional groups attached to an aromatic ring is 1. The Bertz CT molecular complexity index is 613. The van der Waals surface area contributed by atoms with Gasteiger partial charge in [-0.25, -0.2) is 9.37 Å². The fourth-order valence-electron chi connectivity index (χ4n) is 1.64. The Morgan fingerprint density at radius 3 is 2.53 bits per heavy atom. The summed E-state index contributed by atoms with van der Waals surface area (Å²) in [5.74, 6) is -0.173. The standard InChI is InChI=1S/C13H12BrFN4/c1-19(13-11(15)6-9(14)7-18-13)10-4-2-8(3-5-10)12(16)17/h2-7H,1H3,(H3,16,17). The summed E-state index contributed by atoms with van der Waals surface area (Å²) in [7, 11) is 1.72. The average molecular weight is 323 g/mol. The number of hydrogen-bond acceptors (Lipinski definition) is 3. The Morgan fingerprint density at radius 2 is 2.00 bits per heavy atom. The molecule has 19 heavy (non-hydrogen) atoms. The second-order valence-corrected chi connectivity index (χ2v) is 4.89. The van der Waals surface area contributed by atoms with Crippen LogP contribution in [-0.2, 0) is 0 Å². The summed E-state index contributed by atoms with van der Waals surface area (Å²) in [4.78, 5) is 5.68. The van der Waals surface area contributed by atoms with Gasteiger partial charge in [0.25, 0.3) is 0 Å². The summed E-state index contributed by atoms with van der Waals surface area (Å²) in [6, 6.07) is 8.32. The van der Waals surface area contributed by atoms with Gasteiger partial charge in [-0.3, -0.25) is 5.41 Å². The van der Waals surface area contributed by atoms with Gasteiger partial charge in [0.05, 0.1) is 0 Å². The van der Waals surface area contributed by atoms with Crippen molar-refractivity contribution in [2.24, 2.45) is 5.73 Å². The van der Waals surface area contributed by atoms with Crippen LogP contribution in [-0.4, -0.2) is 17.9 Å². The van der Waals surface area contributed by atoms with E-state index in [-0.39, 0.29) is 11.7 Å². The lowest BCUT2D eigenvalue weighted by molar-refractivity contribution is 0.620. The molecule has 0 saturated heterocycles. The molecular weight excluding hydrogens is 311 g/mol. The molecule has 2 rings (SSSR count). The van der Waals surface area contributed by atoms with E-state index in [1.807, 2.05) is 0 Å². The molecule has 0 amide bonds. The highest BCUT2D eigenvalue weighted by Crippen LogP contribution is 2.25. The van der Waals surface area contributed by atoms with Crippen molar-refractivity contribution in [3.8, 4) is 0 Å². The van der Waals surface area contributed by atoms with Crippen LogP contribution in [0, 0.1) is 11.2 Å². The molecule has 0 unspecified atom stereocenters. The summed E-state index contributed by atoms with van der Waals surface area (Å²) in [5.41, 5.74) is 6.77. The lowest BCUT2D eigenvalue weighted by atomic mass is 10.2. The number of benzene rings is 1. The van der Waals surface area contributed by atoms with Crippen molar-refractivity contribution in [3.05, 3.63) is 52.4 Å². The van der Waals surface area contributed by atoms with Crippen LogP contribution in [0.1, 0.15) is 5.56 Å². The minimum absolute atomic E-state index is 0.00199. The van der Waals surface area contributed by atoms with Crippen LogP contribution in [0.5, 0.6) is 0 Å². The van der Waals surface area contributed by atoms with Gasteiger partial charge >= 0.3 is 0 Å². The van der Waals surface area contributed by atoms with Crippen molar-refractivity contribution in [1.29, 1.82) is 5.41 Å². The van der Waals surface area contributed by atoms with Crippen molar-refractivity contribution in [2.45, 2.75) is 0 Å². The van der Waals surface area contributed by atoms with Crippen LogP contribution in [0.3, 0.4) is 0 Å². The van der Waals surface area contributed by atoms with Gasteiger partial charge < -0.3 is 10.6 Å². The van der Waals surface area contributed by atoms with Gasteiger partial charge in [0.15, 0.2) is 11.6 Å². The molecule has 0 atom stereocenters. The smallest absolute Gasteiger partial charge is 0.169 e. The number of nitrogens with two attached hydrogens (primary N) is 1. The van der Waals surface area contributed by atoms with Crippen LogP contribution < -0.4 is 10.6 Å². The molecule has 0 radical (unpaired) electrons. The van der Waals surface area contributed by atoms with E-state index in [1.165, 1.54) is 6.07 Å². The number of pyridine rings is 1. The van der Waals surface area contributed by atoms with Gasteiger partial charge in [-0.15, -0.1) is 0 Å². The highest BCUT2D eigenvalue weighted by molar-refractivity contribution is 9.10. The maximum Gasteiger partial charge on any atom is 0.169 e. The van der Waals surface area contributed by atoms with E-state index in [0.717, 1.165) is 5.69 Å². The van der Waals surface area contributed by atoms with E-state index in [2.05, 4.69) is 20.9 Å². The van der Waals surface area contributed by atoms with E-state index in [9.17, 15) is 4.39 Å². The van der Waals surface area contributed by atoms with Gasteiger partial charge in [0.1, 0.15) is 5.84 Å². The van der Waals surface area contributed by atoms with Crippen molar-refractivity contribution in [1.82, 2.24) is 4.98 Å². The minimum atomic E-state index is -0.410.